The lowest BCUT2D eigenvalue weighted by Gasteiger charge is -2.25. The molecule has 31 heavy (non-hydrogen) atoms. The van der Waals surface area contributed by atoms with Crippen LogP contribution in [0, 0.1) is 0 Å². The summed E-state index contributed by atoms with van der Waals surface area (Å²) in [6, 6.07) is 13.4. The summed E-state index contributed by atoms with van der Waals surface area (Å²) in [5, 5.41) is 2.71. The van der Waals surface area contributed by atoms with Crippen LogP contribution in [0.3, 0.4) is 0 Å². The summed E-state index contributed by atoms with van der Waals surface area (Å²) in [5.74, 6) is 0.766. The van der Waals surface area contributed by atoms with E-state index in [1.54, 1.807) is 19.3 Å². The Morgan fingerprint density at radius 3 is 2.55 bits per heavy atom. The average Bonchev–Trinajstić information content (AvgIpc) is 3.12. The molecule has 0 spiro atoms. The molecule has 0 atom stereocenters. The Kier molecular flexibility index (Phi) is 5.97. The van der Waals surface area contributed by atoms with Crippen molar-refractivity contribution >= 4 is 28.7 Å². The molecule has 0 aliphatic heterocycles. The molecule has 0 radical (unpaired) electrons. The van der Waals surface area contributed by atoms with Crippen molar-refractivity contribution in [3.63, 3.8) is 0 Å². The van der Waals surface area contributed by atoms with Crippen LogP contribution in [-0.4, -0.2) is 28.7 Å². The molecule has 3 aromatic rings. The predicted octanol–water partition coefficient (Wildman–Crippen LogP) is 3.62. The molecule has 0 aliphatic rings. The van der Waals surface area contributed by atoms with E-state index in [-0.39, 0.29) is 17.3 Å². The number of allylic oxidation sites excluding steroid dienone is 1. The van der Waals surface area contributed by atoms with Gasteiger partial charge in [0, 0.05) is 36.1 Å². The van der Waals surface area contributed by atoms with Crippen LogP contribution < -0.4 is 16.8 Å². The topological polar surface area (TPSA) is 111 Å². The Bertz CT molecular complexity index is 1210. The number of hydrogen-bond donors (Lipinski definition) is 3. The first kappa shape index (κ1) is 21.8. The molecule has 7 nitrogen and oxygen atoms in total. The van der Waals surface area contributed by atoms with E-state index in [0.29, 0.717) is 11.1 Å². The molecule has 160 valence electrons. The molecule has 1 heterocycles. The van der Waals surface area contributed by atoms with Gasteiger partial charge >= 0.3 is 0 Å². The van der Waals surface area contributed by atoms with Crippen LogP contribution in [0.1, 0.15) is 36.7 Å². The molecule has 0 bridgehead atoms. The highest BCUT2D eigenvalue weighted by molar-refractivity contribution is 6.10. The molecular weight excluding hydrogens is 388 g/mol. The number of rotatable bonds is 5. The number of imidazole rings is 1. The standard InChI is InChI=1S/C24H28N6O/c1-15(26)28-14-17(13-25)16-10-11-21-20(12-16)29-22(30(21)24(2,3)4)18-8-6-7-9-19(18)23(31)27-5/h6-14H,1,25-26H2,2-5H3,(H,27,31)/b17-13+,28-14?. The fourth-order valence-electron chi connectivity index (χ4n) is 3.50. The maximum atomic E-state index is 12.5. The minimum atomic E-state index is -0.271. The van der Waals surface area contributed by atoms with Crippen molar-refractivity contribution in [3.8, 4) is 11.4 Å². The van der Waals surface area contributed by atoms with Gasteiger partial charge in [-0.2, -0.15) is 0 Å². The van der Waals surface area contributed by atoms with E-state index in [1.807, 2.05) is 36.4 Å². The smallest absolute Gasteiger partial charge is 0.251 e. The van der Waals surface area contributed by atoms with E-state index >= 15 is 0 Å². The molecule has 0 fully saturated rings. The van der Waals surface area contributed by atoms with Crippen molar-refractivity contribution in [1.29, 1.82) is 0 Å². The zero-order valence-electron chi connectivity index (χ0n) is 18.3. The first-order chi connectivity index (χ1) is 14.7. The lowest BCUT2D eigenvalue weighted by atomic mass is 10.0. The second-order valence-corrected chi connectivity index (χ2v) is 8.14. The molecule has 1 amide bonds. The van der Waals surface area contributed by atoms with Crippen LogP contribution in [0.15, 0.2) is 66.1 Å². The Morgan fingerprint density at radius 1 is 1.23 bits per heavy atom. The van der Waals surface area contributed by atoms with Crippen LogP contribution >= 0.6 is 0 Å². The summed E-state index contributed by atoms with van der Waals surface area (Å²) in [5.41, 5.74) is 15.7. The van der Waals surface area contributed by atoms with Gasteiger partial charge in [0.2, 0.25) is 0 Å². The van der Waals surface area contributed by atoms with Gasteiger partial charge in [0.15, 0.2) is 0 Å². The lowest BCUT2D eigenvalue weighted by Crippen LogP contribution is -2.24. The average molecular weight is 417 g/mol. The van der Waals surface area contributed by atoms with E-state index in [0.717, 1.165) is 28.0 Å². The van der Waals surface area contributed by atoms with Crippen LogP contribution in [0.4, 0.5) is 0 Å². The van der Waals surface area contributed by atoms with Crippen LogP contribution in [-0.2, 0) is 5.54 Å². The molecule has 3 rings (SSSR count). The number of hydrogen-bond acceptors (Lipinski definition) is 5. The van der Waals surface area contributed by atoms with Gasteiger partial charge in [-0.3, -0.25) is 4.79 Å². The molecule has 5 N–H and O–H groups in total. The SMILES string of the molecule is C=C(N)N=C/C(=C\N)c1ccc2c(c1)nc(-c1ccccc1C(=O)NC)n2C(C)(C)C. The van der Waals surface area contributed by atoms with E-state index in [2.05, 4.69) is 42.2 Å². The zero-order chi connectivity index (χ0) is 22.8. The predicted molar refractivity (Wildman–Crippen MR) is 128 cm³/mol. The summed E-state index contributed by atoms with van der Waals surface area (Å²) in [6.07, 6.45) is 3.04. The van der Waals surface area contributed by atoms with Gasteiger partial charge < -0.3 is 21.4 Å². The van der Waals surface area contributed by atoms with Crippen LogP contribution in [0.5, 0.6) is 0 Å². The van der Waals surface area contributed by atoms with Crippen molar-refractivity contribution in [3.05, 3.63) is 72.2 Å². The maximum absolute atomic E-state index is 12.5. The second-order valence-electron chi connectivity index (χ2n) is 8.14. The Morgan fingerprint density at radius 2 is 1.94 bits per heavy atom. The number of nitrogens with zero attached hydrogens (tertiary/aromatic N) is 3. The van der Waals surface area contributed by atoms with E-state index in [1.165, 1.54) is 6.20 Å². The fourth-order valence-corrected chi connectivity index (χ4v) is 3.50. The number of amides is 1. The number of fused-ring (bicyclic) bond motifs is 1. The van der Waals surface area contributed by atoms with Crippen molar-refractivity contribution in [2.45, 2.75) is 26.3 Å². The number of carbonyl (C=O) groups is 1. The molecule has 2 aromatic carbocycles. The third-order valence-electron chi connectivity index (χ3n) is 4.85. The maximum Gasteiger partial charge on any atom is 0.251 e. The highest BCUT2D eigenvalue weighted by Crippen LogP contribution is 2.34. The first-order valence-electron chi connectivity index (χ1n) is 9.92. The monoisotopic (exact) mass is 416 g/mol. The lowest BCUT2D eigenvalue weighted by molar-refractivity contribution is 0.0963. The highest BCUT2D eigenvalue weighted by atomic mass is 16.1. The molecule has 7 heteroatoms. The number of aromatic nitrogens is 2. The second kappa shape index (κ2) is 8.47. The van der Waals surface area contributed by atoms with E-state index in [9.17, 15) is 4.79 Å². The number of nitrogens with one attached hydrogen (secondary N) is 1. The van der Waals surface area contributed by atoms with Gasteiger partial charge in [0.05, 0.1) is 16.6 Å². The van der Waals surface area contributed by atoms with Crippen LogP contribution in [0.25, 0.3) is 28.0 Å². The number of carbonyl (C=O) groups excluding carboxylic acids is 1. The van der Waals surface area contributed by atoms with Crippen molar-refractivity contribution in [2.24, 2.45) is 16.5 Å². The third-order valence-corrected chi connectivity index (χ3v) is 4.85. The number of nitrogens with two attached hydrogens (primary N) is 2. The van der Waals surface area contributed by atoms with Gasteiger partial charge in [0.25, 0.3) is 5.91 Å². The molecule has 0 aliphatic carbocycles. The Balaban J connectivity index is 2.27. The van der Waals surface area contributed by atoms with Gasteiger partial charge in [-0.15, -0.1) is 0 Å². The third kappa shape index (κ3) is 4.35. The molecule has 0 unspecified atom stereocenters. The fraction of sp³-hybridized carbons (Fsp3) is 0.208. The molecule has 0 saturated heterocycles. The van der Waals surface area contributed by atoms with Gasteiger partial charge in [0.1, 0.15) is 11.6 Å². The van der Waals surface area contributed by atoms with Crippen molar-refractivity contribution < 1.29 is 4.79 Å². The summed E-state index contributed by atoms with van der Waals surface area (Å²) in [4.78, 5) is 21.5. The van der Waals surface area contributed by atoms with Gasteiger partial charge in [-0.05, 0) is 44.5 Å². The minimum absolute atomic E-state index is 0.157. The normalized spacial score (nSPS) is 12.5. The van der Waals surface area contributed by atoms with E-state index in [4.69, 9.17) is 16.5 Å². The van der Waals surface area contributed by atoms with Gasteiger partial charge in [-0.25, -0.2) is 9.98 Å². The molecular formula is C24H28N6O. The van der Waals surface area contributed by atoms with Crippen molar-refractivity contribution in [1.82, 2.24) is 14.9 Å². The van der Waals surface area contributed by atoms with Crippen LogP contribution in [0.2, 0.25) is 0 Å². The molecule has 1 aromatic heterocycles. The first-order valence-corrected chi connectivity index (χ1v) is 9.92. The quantitative estimate of drug-likeness (QED) is 0.552. The summed E-state index contributed by atoms with van der Waals surface area (Å²) >= 11 is 0. The number of aliphatic imine (C=N–C) groups is 1. The zero-order valence-corrected chi connectivity index (χ0v) is 18.3. The molecule has 0 saturated carbocycles. The minimum Gasteiger partial charge on any atom is -0.404 e. The van der Waals surface area contributed by atoms with Crippen molar-refractivity contribution in [2.75, 3.05) is 7.05 Å². The van der Waals surface area contributed by atoms with E-state index < -0.39 is 0 Å². The largest absolute Gasteiger partial charge is 0.404 e. The Hall–Kier alpha value is -3.87. The highest BCUT2D eigenvalue weighted by Gasteiger charge is 2.25. The van der Waals surface area contributed by atoms with Gasteiger partial charge in [-0.1, -0.05) is 30.8 Å². The summed E-state index contributed by atoms with van der Waals surface area (Å²) in [7, 11) is 1.62. The Labute approximate surface area is 182 Å². The summed E-state index contributed by atoms with van der Waals surface area (Å²) in [6.45, 7) is 9.90. The number of benzene rings is 2. The summed E-state index contributed by atoms with van der Waals surface area (Å²) < 4.78 is 2.15.